The molecule has 0 radical (unpaired) electrons. The lowest BCUT2D eigenvalue weighted by atomic mass is 9.82. The van der Waals surface area contributed by atoms with E-state index >= 15 is 0 Å². The molecule has 0 unspecified atom stereocenters. The van der Waals surface area contributed by atoms with Crippen LogP contribution < -0.4 is 0 Å². The molecule has 0 spiro atoms. The summed E-state index contributed by atoms with van der Waals surface area (Å²) in [6, 6.07) is 10.2. The summed E-state index contributed by atoms with van der Waals surface area (Å²) in [4.78, 5) is 0. The van der Waals surface area contributed by atoms with Crippen molar-refractivity contribution in [1.29, 1.82) is 0 Å². The molecule has 3 rings (SSSR count). The van der Waals surface area contributed by atoms with Crippen molar-refractivity contribution in [3.05, 3.63) is 52.9 Å². The molecule has 0 saturated heterocycles. The lowest BCUT2D eigenvalue weighted by molar-refractivity contribution is 0.315. The molecular formula is C14H14N2O2. The molecule has 1 atom stereocenters. The Labute approximate surface area is 105 Å². The summed E-state index contributed by atoms with van der Waals surface area (Å²) < 4.78 is 5.33. The van der Waals surface area contributed by atoms with Gasteiger partial charge < -0.3 is 9.73 Å². The number of hydrogen-bond donors (Lipinski definition) is 1. The van der Waals surface area contributed by atoms with E-state index in [1.807, 2.05) is 25.1 Å². The molecule has 1 aromatic carbocycles. The van der Waals surface area contributed by atoms with Crippen LogP contribution in [0, 0.1) is 6.92 Å². The van der Waals surface area contributed by atoms with Gasteiger partial charge in [0.25, 0.3) is 0 Å². The van der Waals surface area contributed by atoms with Gasteiger partial charge in [-0.25, -0.2) is 0 Å². The molecule has 1 aromatic heterocycles. The molecule has 4 nitrogen and oxygen atoms in total. The summed E-state index contributed by atoms with van der Waals surface area (Å²) in [5.41, 5.74) is 3.58. The topological polar surface area (TPSA) is 58.6 Å². The highest BCUT2D eigenvalue weighted by Crippen LogP contribution is 2.34. The smallest absolute Gasteiger partial charge is 0.146 e. The Bertz CT molecular complexity index is 587. The molecule has 0 aliphatic heterocycles. The molecule has 18 heavy (non-hydrogen) atoms. The maximum atomic E-state index is 9.16. The van der Waals surface area contributed by atoms with Gasteiger partial charge in [-0.3, -0.25) is 0 Å². The van der Waals surface area contributed by atoms with Crippen molar-refractivity contribution in [2.75, 3.05) is 0 Å². The molecule has 2 aromatic rings. The van der Waals surface area contributed by atoms with Gasteiger partial charge in [0.1, 0.15) is 5.76 Å². The predicted molar refractivity (Wildman–Crippen MR) is 67.1 cm³/mol. The minimum atomic E-state index is 0.289. The third kappa shape index (κ3) is 1.70. The van der Waals surface area contributed by atoms with E-state index in [-0.39, 0.29) is 5.92 Å². The molecule has 0 saturated carbocycles. The Morgan fingerprint density at radius 1 is 1.28 bits per heavy atom. The van der Waals surface area contributed by atoms with Crippen LogP contribution in [-0.2, 0) is 6.42 Å². The van der Waals surface area contributed by atoms with Crippen LogP contribution in [0.1, 0.15) is 34.9 Å². The fraction of sp³-hybridized carbons (Fsp3) is 0.286. The number of fused-ring (bicyclic) bond motifs is 1. The summed E-state index contributed by atoms with van der Waals surface area (Å²) in [5, 5.41) is 16.5. The summed E-state index contributed by atoms with van der Waals surface area (Å²) in [6.45, 7) is 1.87. The van der Waals surface area contributed by atoms with Gasteiger partial charge in [0.15, 0.2) is 0 Å². The van der Waals surface area contributed by atoms with Crippen LogP contribution >= 0.6 is 0 Å². The number of aryl methyl sites for hydroxylation is 1. The molecule has 0 bridgehead atoms. The van der Waals surface area contributed by atoms with Crippen molar-refractivity contribution in [2.45, 2.75) is 25.7 Å². The highest BCUT2D eigenvalue weighted by Gasteiger charge is 2.30. The quantitative estimate of drug-likeness (QED) is 0.618. The average molecular weight is 242 g/mol. The van der Waals surface area contributed by atoms with Gasteiger partial charge in [-0.1, -0.05) is 40.6 Å². The third-order valence-corrected chi connectivity index (χ3v) is 3.49. The SMILES string of the molecule is Cc1noc2c1/C(=N\O)C[C@@H](c1ccccc1)C2. The zero-order valence-corrected chi connectivity index (χ0v) is 10.1. The average Bonchev–Trinajstić information content (AvgIpc) is 2.81. The van der Waals surface area contributed by atoms with E-state index in [9.17, 15) is 0 Å². The Kier molecular flexibility index (Phi) is 2.63. The standard InChI is InChI=1S/C14H14N2O2/c1-9-14-12(15-17)7-11(8-13(14)18-16-9)10-5-3-2-4-6-10/h2-6,11,17H,7-8H2,1H3/b15-12-/t11-/m1/s1. The van der Waals surface area contributed by atoms with E-state index in [2.05, 4.69) is 22.4 Å². The van der Waals surface area contributed by atoms with E-state index in [0.717, 1.165) is 29.9 Å². The summed E-state index contributed by atoms with van der Waals surface area (Å²) >= 11 is 0. The van der Waals surface area contributed by atoms with Crippen molar-refractivity contribution < 1.29 is 9.73 Å². The highest BCUT2D eigenvalue weighted by molar-refractivity contribution is 6.03. The highest BCUT2D eigenvalue weighted by atomic mass is 16.5. The van der Waals surface area contributed by atoms with Crippen LogP contribution in [0.4, 0.5) is 0 Å². The normalized spacial score (nSPS) is 20.9. The molecule has 4 heteroatoms. The maximum absolute atomic E-state index is 9.16. The van der Waals surface area contributed by atoms with Crippen molar-refractivity contribution in [1.82, 2.24) is 5.16 Å². The van der Waals surface area contributed by atoms with Crippen LogP contribution in [0.3, 0.4) is 0 Å². The second kappa shape index (κ2) is 4.29. The van der Waals surface area contributed by atoms with Gasteiger partial charge in [0.2, 0.25) is 0 Å². The molecule has 0 fully saturated rings. The molecule has 1 heterocycles. The number of nitrogens with zero attached hydrogens (tertiary/aromatic N) is 2. The molecular weight excluding hydrogens is 228 g/mol. The Hall–Kier alpha value is -2.10. The first-order chi connectivity index (χ1) is 8.79. The van der Waals surface area contributed by atoms with Crippen molar-refractivity contribution in [3.63, 3.8) is 0 Å². The molecule has 92 valence electrons. The fourth-order valence-electron chi connectivity index (χ4n) is 2.61. The zero-order chi connectivity index (χ0) is 12.5. The van der Waals surface area contributed by atoms with Gasteiger partial charge in [-0.05, 0) is 18.4 Å². The van der Waals surface area contributed by atoms with Crippen LogP contribution in [-0.4, -0.2) is 16.1 Å². The van der Waals surface area contributed by atoms with Gasteiger partial charge in [-0.15, -0.1) is 0 Å². The molecule has 1 aliphatic carbocycles. The van der Waals surface area contributed by atoms with Crippen molar-refractivity contribution in [2.24, 2.45) is 5.16 Å². The minimum Gasteiger partial charge on any atom is -0.411 e. The molecule has 0 amide bonds. The first-order valence-electron chi connectivity index (χ1n) is 6.01. The second-order valence-electron chi connectivity index (χ2n) is 4.63. The Balaban J connectivity index is 2.01. The number of oxime groups is 1. The van der Waals surface area contributed by atoms with Crippen LogP contribution in [0.5, 0.6) is 0 Å². The van der Waals surface area contributed by atoms with Gasteiger partial charge >= 0.3 is 0 Å². The van der Waals surface area contributed by atoms with Gasteiger partial charge in [0, 0.05) is 12.8 Å². The Morgan fingerprint density at radius 2 is 2.06 bits per heavy atom. The van der Waals surface area contributed by atoms with Gasteiger partial charge in [-0.2, -0.15) is 0 Å². The summed E-state index contributed by atoms with van der Waals surface area (Å²) in [7, 11) is 0. The zero-order valence-electron chi connectivity index (χ0n) is 10.1. The largest absolute Gasteiger partial charge is 0.411 e. The van der Waals surface area contributed by atoms with Crippen LogP contribution in [0.25, 0.3) is 0 Å². The number of rotatable bonds is 1. The predicted octanol–water partition coefficient (Wildman–Crippen LogP) is 2.89. The minimum absolute atomic E-state index is 0.289. The first-order valence-corrected chi connectivity index (χ1v) is 6.01. The van der Waals surface area contributed by atoms with E-state index in [1.54, 1.807) is 0 Å². The van der Waals surface area contributed by atoms with Gasteiger partial charge in [0.05, 0.1) is 17.0 Å². The molecule has 1 N–H and O–H groups in total. The second-order valence-corrected chi connectivity index (χ2v) is 4.63. The lowest BCUT2D eigenvalue weighted by Gasteiger charge is -2.21. The van der Waals surface area contributed by atoms with E-state index < -0.39 is 0 Å². The molecule has 1 aliphatic rings. The fourth-order valence-corrected chi connectivity index (χ4v) is 2.61. The number of hydrogen-bond acceptors (Lipinski definition) is 4. The summed E-state index contributed by atoms with van der Waals surface area (Å²) in [6.07, 6.45) is 1.52. The number of benzene rings is 1. The first kappa shape index (κ1) is 11.0. The van der Waals surface area contributed by atoms with E-state index in [4.69, 9.17) is 9.73 Å². The monoisotopic (exact) mass is 242 g/mol. The number of aromatic nitrogens is 1. The summed E-state index contributed by atoms with van der Waals surface area (Å²) in [5.74, 6) is 1.11. The third-order valence-electron chi connectivity index (χ3n) is 3.49. The maximum Gasteiger partial charge on any atom is 0.146 e. The van der Waals surface area contributed by atoms with E-state index in [1.165, 1.54) is 5.56 Å². The van der Waals surface area contributed by atoms with Crippen LogP contribution in [0.15, 0.2) is 40.0 Å². The lowest BCUT2D eigenvalue weighted by Crippen LogP contribution is -2.19. The van der Waals surface area contributed by atoms with Crippen LogP contribution in [0.2, 0.25) is 0 Å². The van der Waals surface area contributed by atoms with E-state index in [0.29, 0.717) is 5.71 Å². The van der Waals surface area contributed by atoms with Crippen molar-refractivity contribution in [3.8, 4) is 0 Å². The Morgan fingerprint density at radius 3 is 2.78 bits per heavy atom. The van der Waals surface area contributed by atoms with Crippen molar-refractivity contribution >= 4 is 5.71 Å².